The number of methoxy groups -OCH3 is 1. The van der Waals surface area contributed by atoms with Crippen molar-refractivity contribution >= 4 is 5.82 Å². The molecule has 4 heteroatoms. The molecule has 0 unspecified atom stereocenters. The number of hydrogen-bond acceptors (Lipinski definition) is 4. The van der Waals surface area contributed by atoms with Crippen LogP contribution in [0.3, 0.4) is 0 Å². The molecule has 17 heavy (non-hydrogen) atoms. The Hall–Kier alpha value is -1.29. The van der Waals surface area contributed by atoms with Crippen molar-refractivity contribution < 1.29 is 4.74 Å². The summed E-state index contributed by atoms with van der Waals surface area (Å²) >= 11 is 0. The molecule has 0 bridgehead atoms. The maximum absolute atomic E-state index is 5.95. The van der Waals surface area contributed by atoms with E-state index in [0.717, 1.165) is 24.4 Å². The second-order valence-electron chi connectivity index (χ2n) is 4.72. The van der Waals surface area contributed by atoms with Crippen molar-refractivity contribution in [3.8, 4) is 5.75 Å². The summed E-state index contributed by atoms with van der Waals surface area (Å²) < 4.78 is 5.31. The van der Waals surface area contributed by atoms with Gasteiger partial charge in [-0.3, -0.25) is 0 Å². The minimum atomic E-state index is -0.000116. The SMILES string of the molecule is COc1cccnc1NC1(CN)CCCCC1. The molecule has 0 aromatic carbocycles. The van der Waals surface area contributed by atoms with Gasteiger partial charge in [0.1, 0.15) is 0 Å². The standard InChI is InChI=1S/C13H21N3O/c1-17-11-6-5-9-15-12(11)16-13(10-14)7-3-2-4-8-13/h5-6,9H,2-4,7-8,10,14H2,1H3,(H,15,16). The maximum Gasteiger partial charge on any atom is 0.169 e. The molecule has 0 atom stereocenters. The normalized spacial score (nSPS) is 18.7. The summed E-state index contributed by atoms with van der Waals surface area (Å²) in [4.78, 5) is 4.34. The van der Waals surface area contributed by atoms with Gasteiger partial charge in [0, 0.05) is 12.7 Å². The van der Waals surface area contributed by atoms with Crippen LogP contribution in [-0.4, -0.2) is 24.2 Å². The van der Waals surface area contributed by atoms with Crippen LogP contribution in [0.1, 0.15) is 32.1 Å². The molecule has 0 saturated heterocycles. The van der Waals surface area contributed by atoms with Crippen LogP contribution >= 0.6 is 0 Å². The molecule has 0 amide bonds. The summed E-state index contributed by atoms with van der Waals surface area (Å²) in [7, 11) is 1.66. The van der Waals surface area contributed by atoms with Crippen molar-refractivity contribution in [1.29, 1.82) is 0 Å². The quantitative estimate of drug-likeness (QED) is 0.839. The van der Waals surface area contributed by atoms with Gasteiger partial charge in [0.15, 0.2) is 11.6 Å². The molecule has 2 rings (SSSR count). The van der Waals surface area contributed by atoms with Gasteiger partial charge in [-0.2, -0.15) is 0 Å². The van der Waals surface area contributed by atoms with Gasteiger partial charge in [-0.15, -0.1) is 0 Å². The molecular weight excluding hydrogens is 214 g/mol. The lowest BCUT2D eigenvalue weighted by Crippen LogP contribution is -2.47. The summed E-state index contributed by atoms with van der Waals surface area (Å²) in [6.07, 6.45) is 7.78. The van der Waals surface area contributed by atoms with Gasteiger partial charge in [0.2, 0.25) is 0 Å². The molecule has 4 nitrogen and oxygen atoms in total. The van der Waals surface area contributed by atoms with Gasteiger partial charge >= 0.3 is 0 Å². The molecule has 1 fully saturated rings. The summed E-state index contributed by atoms with van der Waals surface area (Å²) in [6.45, 7) is 0.646. The zero-order valence-corrected chi connectivity index (χ0v) is 10.4. The molecule has 1 aromatic heterocycles. The Bertz CT molecular complexity index is 361. The fourth-order valence-corrected chi connectivity index (χ4v) is 2.51. The van der Waals surface area contributed by atoms with E-state index in [-0.39, 0.29) is 5.54 Å². The van der Waals surface area contributed by atoms with Crippen molar-refractivity contribution in [2.75, 3.05) is 19.0 Å². The highest BCUT2D eigenvalue weighted by Gasteiger charge is 2.31. The van der Waals surface area contributed by atoms with Gasteiger partial charge in [0.25, 0.3) is 0 Å². The third kappa shape index (κ3) is 2.69. The number of rotatable bonds is 4. The average molecular weight is 235 g/mol. The Morgan fingerprint density at radius 3 is 2.82 bits per heavy atom. The van der Waals surface area contributed by atoms with Crippen LogP contribution in [0.4, 0.5) is 5.82 Å². The van der Waals surface area contributed by atoms with Crippen LogP contribution < -0.4 is 15.8 Å². The van der Waals surface area contributed by atoms with Crippen molar-refractivity contribution in [2.24, 2.45) is 5.73 Å². The highest BCUT2D eigenvalue weighted by molar-refractivity contribution is 5.51. The molecule has 3 N–H and O–H groups in total. The summed E-state index contributed by atoms with van der Waals surface area (Å²) in [5, 5.41) is 3.50. The van der Waals surface area contributed by atoms with E-state index in [1.165, 1.54) is 19.3 Å². The fourth-order valence-electron chi connectivity index (χ4n) is 2.51. The average Bonchev–Trinajstić information content (AvgIpc) is 2.40. The Balaban J connectivity index is 2.17. The van der Waals surface area contributed by atoms with E-state index in [1.54, 1.807) is 13.3 Å². The van der Waals surface area contributed by atoms with E-state index < -0.39 is 0 Å². The molecule has 1 aromatic rings. The molecule has 0 aliphatic heterocycles. The van der Waals surface area contributed by atoms with E-state index in [4.69, 9.17) is 10.5 Å². The lowest BCUT2D eigenvalue weighted by molar-refractivity contribution is 0.327. The van der Waals surface area contributed by atoms with Crippen LogP contribution in [0.2, 0.25) is 0 Å². The summed E-state index contributed by atoms with van der Waals surface area (Å²) in [5.74, 6) is 1.59. The first-order valence-electron chi connectivity index (χ1n) is 6.27. The van der Waals surface area contributed by atoms with E-state index in [0.29, 0.717) is 6.54 Å². The van der Waals surface area contributed by atoms with Crippen LogP contribution in [0, 0.1) is 0 Å². The number of aromatic nitrogens is 1. The lowest BCUT2D eigenvalue weighted by atomic mass is 9.81. The third-order valence-corrected chi connectivity index (χ3v) is 3.58. The number of nitrogens with one attached hydrogen (secondary N) is 1. The molecule has 1 aliphatic carbocycles. The van der Waals surface area contributed by atoms with Crippen LogP contribution in [0.25, 0.3) is 0 Å². The monoisotopic (exact) mass is 235 g/mol. The lowest BCUT2D eigenvalue weighted by Gasteiger charge is -2.37. The predicted molar refractivity (Wildman–Crippen MR) is 69.3 cm³/mol. The van der Waals surface area contributed by atoms with Gasteiger partial charge in [-0.05, 0) is 25.0 Å². The first-order chi connectivity index (χ1) is 8.29. The highest BCUT2D eigenvalue weighted by Crippen LogP contribution is 2.33. The summed E-state index contributed by atoms with van der Waals surface area (Å²) in [5.41, 5.74) is 5.95. The maximum atomic E-state index is 5.95. The highest BCUT2D eigenvalue weighted by atomic mass is 16.5. The van der Waals surface area contributed by atoms with Crippen molar-refractivity contribution in [3.63, 3.8) is 0 Å². The van der Waals surface area contributed by atoms with Crippen LogP contribution in [0.15, 0.2) is 18.3 Å². The van der Waals surface area contributed by atoms with Crippen molar-refractivity contribution in [1.82, 2.24) is 4.98 Å². The number of pyridine rings is 1. The van der Waals surface area contributed by atoms with E-state index >= 15 is 0 Å². The largest absolute Gasteiger partial charge is 0.493 e. The number of anilines is 1. The first kappa shape index (κ1) is 12.2. The zero-order valence-electron chi connectivity index (χ0n) is 10.4. The number of ether oxygens (including phenoxy) is 1. The second kappa shape index (κ2) is 5.36. The molecule has 1 saturated carbocycles. The topological polar surface area (TPSA) is 60.2 Å². The molecule has 0 radical (unpaired) electrons. The van der Waals surface area contributed by atoms with Gasteiger partial charge in [0.05, 0.1) is 12.6 Å². The van der Waals surface area contributed by atoms with Gasteiger partial charge < -0.3 is 15.8 Å². The molecule has 0 spiro atoms. The van der Waals surface area contributed by atoms with Crippen molar-refractivity contribution in [2.45, 2.75) is 37.6 Å². The number of hydrogen-bond donors (Lipinski definition) is 2. The zero-order chi connectivity index (χ0) is 12.1. The Morgan fingerprint density at radius 1 is 1.41 bits per heavy atom. The minimum absolute atomic E-state index is 0.000116. The molecule has 1 heterocycles. The number of nitrogens with two attached hydrogens (primary N) is 1. The molecule has 94 valence electrons. The Labute approximate surface area is 103 Å². The van der Waals surface area contributed by atoms with Crippen molar-refractivity contribution in [3.05, 3.63) is 18.3 Å². The second-order valence-corrected chi connectivity index (χ2v) is 4.72. The predicted octanol–water partition coefficient (Wildman–Crippen LogP) is 2.16. The van der Waals surface area contributed by atoms with Gasteiger partial charge in [-0.25, -0.2) is 4.98 Å². The van der Waals surface area contributed by atoms with Crippen LogP contribution in [0.5, 0.6) is 5.75 Å². The van der Waals surface area contributed by atoms with E-state index in [9.17, 15) is 0 Å². The first-order valence-corrected chi connectivity index (χ1v) is 6.27. The van der Waals surface area contributed by atoms with Gasteiger partial charge in [-0.1, -0.05) is 19.3 Å². The van der Waals surface area contributed by atoms with E-state index in [2.05, 4.69) is 10.3 Å². The smallest absolute Gasteiger partial charge is 0.169 e. The third-order valence-electron chi connectivity index (χ3n) is 3.58. The molecule has 1 aliphatic rings. The Morgan fingerprint density at radius 2 is 2.18 bits per heavy atom. The fraction of sp³-hybridized carbons (Fsp3) is 0.615. The Kier molecular flexibility index (Phi) is 3.84. The molecular formula is C13H21N3O. The van der Waals surface area contributed by atoms with Crippen LogP contribution in [-0.2, 0) is 0 Å². The number of nitrogens with zero attached hydrogens (tertiary/aromatic N) is 1. The minimum Gasteiger partial charge on any atom is -0.493 e. The summed E-state index contributed by atoms with van der Waals surface area (Å²) in [6, 6.07) is 3.79. The van der Waals surface area contributed by atoms with E-state index in [1.807, 2.05) is 12.1 Å².